The van der Waals surface area contributed by atoms with E-state index < -0.39 is 0 Å². The van der Waals surface area contributed by atoms with Crippen LogP contribution >= 0.6 is 11.8 Å². The van der Waals surface area contributed by atoms with Gasteiger partial charge in [0.1, 0.15) is 0 Å². The number of aromatic hydroxyl groups is 1. The average Bonchev–Trinajstić information content (AvgIpc) is 2.90. The van der Waals surface area contributed by atoms with Gasteiger partial charge in [-0.2, -0.15) is 16.9 Å². The third kappa shape index (κ3) is 3.36. The minimum atomic E-state index is 0.227. The smallest absolute Gasteiger partial charge is 0.221 e. The lowest BCUT2D eigenvalue weighted by Gasteiger charge is -2.27. The number of azo groups is 1. The molecule has 1 aromatic heterocycles. The summed E-state index contributed by atoms with van der Waals surface area (Å²) in [6, 6.07) is 14.8. The quantitative estimate of drug-likeness (QED) is 0.499. The maximum absolute atomic E-state index is 10.9. The van der Waals surface area contributed by atoms with Crippen LogP contribution in [0.5, 0.6) is 5.88 Å². The molecule has 2 aromatic carbocycles. The largest absolute Gasteiger partial charge is 0.493 e. The Kier molecular flexibility index (Phi) is 4.96. The van der Waals surface area contributed by atoms with E-state index in [1.165, 1.54) is 11.1 Å². The van der Waals surface area contributed by atoms with E-state index in [0.717, 1.165) is 34.5 Å². The van der Waals surface area contributed by atoms with Crippen LogP contribution in [0.25, 0.3) is 10.9 Å². The Labute approximate surface area is 164 Å². The molecule has 1 saturated heterocycles. The summed E-state index contributed by atoms with van der Waals surface area (Å²) in [5.41, 5.74) is 4.93. The van der Waals surface area contributed by atoms with Crippen molar-refractivity contribution in [2.24, 2.45) is 10.2 Å². The number of nitrogens with zero attached hydrogens (tertiary/aromatic N) is 3. The number of rotatable bonds is 5. The Hall–Kier alpha value is -2.27. The monoisotopic (exact) mass is 379 g/mol. The first-order chi connectivity index (χ1) is 13.1. The highest BCUT2D eigenvalue weighted by Gasteiger charge is 2.27. The van der Waals surface area contributed by atoms with E-state index in [1.807, 2.05) is 28.5 Å². The van der Waals surface area contributed by atoms with Crippen LogP contribution in [0.4, 0.5) is 11.4 Å². The molecule has 0 radical (unpaired) electrons. The van der Waals surface area contributed by atoms with E-state index in [9.17, 15) is 5.11 Å². The molecule has 0 spiro atoms. The number of hydrogen-bond acceptors (Lipinski definition) is 4. The van der Waals surface area contributed by atoms with Crippen molar-refractivity contribution in [2.75, 3.05) is 11.5 Å². The highest BCUT2D eigenvalue weighted by molar-refractivity contribution is 8.00. The molecule has 1 N–H and O–H groups in total. The fourth-order valence-corrected chi connectivity index (χ4v) is 4.15. The maximum Gasteiger partial charge on any atom is 0.221 e. The zero-order valence-corrected chi connectivity index (χ0v) is 16.8. The molecule has 0 bridgehead atoms. The minimum Gasteiger partial charge on any atom is -0.493 e. The van der Waals surface area contributed by atoms with Gasteiger partial charge in [0, 0.05) is 16.9 Å². The van der Waals surface area contributed by atoms with Gasteiger partial charge >= 0.3 is 0 Å². The van der Waals surface area contributed by atoms with Crippen LogP contribution in [0.2, 0.25) is 0 Å². The van der Waals surface area contributed by atoms with Crippen molar-refractivity contribution < 1.29 is 5.11 Å². The minimum absolute atomic E-state index is 0.227. The topological polar surface area (TPSA) is 49.9 Å². The van der Waals surface area contributed by atoms with Gasteiger partial charge in [-0.3, -0.25) is 0 Å². The van der Waals surface area contributed by atoms with E-state index in [2.05, 4.69) is 61.3 Å². The van der Waals surface area contributed by atoms with Crippen LogP contribution in [0.1, 0.15) is 43.9 Å². The van der Waals surface area contributed by atoms with Gasteiger partial charge < -0.3 is 9.67 Å². The average molecular weight is 380 g/mol. The second-order valence-corrected chi connectivity index (χ2v) is 8.46. The van der Waals surface area contributed by atoms with E-state index in [0.29, 0.717) is 17.6 Å². The lowest BCUT2D eigenvalue weighted by Crippen LogP contribution is -2.22. The van der Waals surface area contributed by atoms with Gasteiger partial charge in [0.2, 0.25) is 5.88 Å². The molecule has 0 unspecified atom stereocenters. The number of aromatic nitrogens is 1. The SMILES string of the molecule is CCc1ccc(N=Nc2c(O)n(C3CSC3)c3ccc(C(C)C)cc23)cc1. The van der Waals surface area contributed by atoms with Gasteiger partial charge in [-0.25, -0.2) is 0 Å². The highest BCUT2D eigenvalue weighted by Crippen LogP contribution is 2.45. The summed E-state index contributed by atoms with van der Waals surface area (Å²) in [5.74, 6) is 2.70. The third-order valence-electron chi connectivity index (χ3n) is 5.24. The van der Waals surface area contributed by atoms with Gasteiger partial charge in [-0.15, -0.1) is 5.11 Å². The maximum atomic E-state index is 10.9. The fourth-order valence-electron chi connectivity index (χ4n) is 3.41. The molecule has 3 aromatic rings. The van der Waals surface area contributed by atoms with Crippen molar-refractivity contribution >= 4 is 34.0 Å². The predicted octanol–water partition coefficient (Wildman–Crippen LogP) is 6.74. The highest BCUT2D eigenvalue weighted by atomic mass is 32.2. The summed E-state index contributed by atoms with van der Waals surface area (Å²) in [6.45, 7) is 6.49. The lowest BCUT2D eigenvalue weighted by molar-refractivity contribution is 0.406. The molecular formula is C22H25N3OS. The predicted molar refractivity (Wildman–Crippen MR) is 114 cm³/mol. The van der Waals surface area contributed by atoms with E-state index in [1.54, 1.807) is 0 Å². The molecular weight excluding hydrogens is 354 g/mol. The summed E-state index contributed by atoms with van der Waals surface area (Å²) in [4.78, 5) is 0. The standard InChI is InChI=1S/C22H25N3OS/c1-4-15-5-8-17(9-6-15)23-24-21-19-11-16(14(2)3)7-10-20(19)25(22(21)26)18-12-27-13-18/h5-11,14,18,26H,4,12-13H2,1-3H3. The summed E-state index contributed by atoms with van der Waals surface area (Å²) in [7, 11) is 0. The molecule has 27 heavy (non-hydrogen) atoms. The molecule has 1 aliphatic heterocycles. The van der Waals surface area contributed by atoms with Crippen LogP contribution in [0.3, 0.4) is 0 Å². The van der Waals surface area contributed by atoms with E-state index in [-0.39, 0.29) is 5.88 Å². The van der Waals surface area contributed by atoms with Crippen molar-refractivity contribution in [1.29, 1.82) is 0 Å². The van der Waals surface area contributed by atoms with Crippen molar-refractivity contribution in [1.82, 2.24) is 4.57 Å². The number of thioether (sulfide) groups is 1. The van der Waals surface area contributed by atoms with Crippen molar-refractivity contribution in [2.45, 2.75) is 39.2 Å². The van der Waals surface area contributed by atoms with Gasteiger partial charge in [0.15, 0.2) is 5.69 Å². The van der Waals surface area contributed by atoms with E-state index >= 15 is 0 Å². The Bertz CT molecular complexity index is 985. The van der Waals surface area contributed by atoms with E-state index in [4.69, 9.17) is 0 Å². The van der Waals surface area contributed by atoms with Crippen LogP contribution < -0.4 is 0 Å². The molecule has 140 valence electrons. The number of benzene rings is 2. The summed E-state index contributed by atoms with van der Waals surface area (Å²) < 4.78 is 2.03. The third-order valence-corrected chi connectivity index (χ3v) is 6.48. The Morgan fingerprint density at radius 3 is 2.44 bits per heavy atom. The molecule has 0 saturated carbocycles. The summed E-state index contributed by atoms with van der Waals surface area (Å²) in [5, 5.41) is 20.8. The van der Waals surface area contributed by atoms with Crippen LogP contribution in [0.15, 0.2) is 52.7 Å². The summed E-state index contributed by atoms with van der Waals surface area (Å²) >= 11 is 1.90. The van der Waals surface area contributed by atoms with Gasteiger partial charge in [0.25, 0.3) is 0 Å². The zero-order valence-electron chi connectivity index (χ0n) is 16.0. The van der Waals surface area contributed by atoms with Gasteiger partial charge in [-0.05, 0) is 47.7 Å². The first kappa shape index (κ1) is 18.1. The molecule has 4 nitrogen and oxygen atoms in total. The first-order valence-corrected chi connectivity index (χ1v) is 10.7. The van der Waals surface area contributed by atoms with Crippen LogP contribution in [0, 0.1) is 0 Å². The Balaban J connectivity index is 1.80. The molecule has 0 atom stereocenters. The van der Waals surface area contributed by atoms with Crippen molar-refractivity contribution in [3.63, 3.8) is 0 Å². The molecule has 4 rings (SSSR count). The Morgan fingerprint density at radius 2 is 1.85 bits per heavy atom. The lowest BCUT2D eigenvalue weighted by atomic mass is 10.0. The van der Waals surface area contributed by atoms with Gasteiger partial charge in [-0.1, -0.05) is 39.0 Å². The molecule has 0 aliphatic carbocycles. The summed E-state index contributed by atoms with van der Waals surface area (Å²) in [6.07, 6.45) is 1.00. The molecule has 1 fully saturated rings. The molecule has 1 aliphatic rings. The molecule has 0 amide bonds. The molecule has 2 heterocycles. The van der Waals surface area contributed by atoms with Crippen molar-refractivity contribution in [3.05, 3.63) is 53.6 Å². The number of hydrogen-bond donors (Lipinski definition) is 1. The van der Waals surface area contributed by atoms with Crippen LogP contribution in [-0.2, 0) is 6.42 Å². The fraction of sp³-hybridized carbons (Fsp3) is 0.364. The number of fused-ring (bicyclic) bond motifs is 1. The second-order valence-electron chi connectivity index (χ2n) is 7.38. The molecule has 5 heteroatoms. The van der Waals surface area contributed by atoms with Crippen LogP contribution in [-0.4, -0.2) is 21.2 Å². The van der Waals surface area contributed by atoms with Gasteiger partial charge in [0.05, 0.1) is 17.2 Å². The number of aryl methyl sites for hydroxylation is 1. The Morgan fingerprint density at radius 1 is 1.11 bits per heavy atom. The van der Waals surface area contributed by atoms with Crippen molar-refractivity contribution in [3.8, 4) is 5.88 Å². The second kappa shape index (κ2) is 7.39. The normalized spacial score (nSPS) is 15.1. The first-order valence-electron chi connectivity index (χ1n) is 9.53. The zero-order chi connectivity index (χ0) is 19.0.